The molecule has 1 N–H and O–H groups in total. The fourth-order valence-corrected chi connectivity index (χ4v) is 2.27. The minimum Gasteiger partial charge on any atom is -0.493 e. The van der Waals surface area contributed by atoms with Gasteiger partial charge in [-0.25, -0.2) is 0 Å². The van der Waals surface area contributed by atoms with Crippen LogP contribution in [0.4, 0.5) is 0 Å². The largest absolute Gasteiger partial charge is 0.493 e. The van der Waals surface area contributed by atoms with Crippen LogP contribution >= 0.6 is 0 Å². The first-order valence-corrected chi connectivity index (χ1v) is 8.01. The highest BCUT2D eigenvalue weighted by atomic mass is 16.5. The highest BCUT2D eigenvalue weighted by molar-refractivity contribution is 5.28. The Morgan fingerprint density at radius 3 is 2.18 bits per heavy atom. The molecular formula is C20H26O2. The van der Waals surface area contributed by atoms with Crippen molar-refractivity contribution >= 4 is 0 Å². The van der Waals surface area contributed by atoms with Crippen LogP contribution in [-0.4, -0.2) is 11.7 Å². The van der Waals surface area contributed by atoms with Crippen molar-refractivity contribution in [1.29, 1.82) is 0 Å². The van der Waals surface area contributed by atoms with Gasteiger partial charge >= 0.3 is 0 Å². The maximum absolute atomic E-state index is 10.2. The van der Waals surface area contributed by atoms with Gasteiger partial charge < -0.3 is 9.84 Å². The van der Waals surface area contributed by atoms with E-state index >= 15 is 0 Å². The molecule has 1 unspecified atom stereocenters. The lowest BCUT2D eigenvalue weighted by Gasteiger charge is -2.12. The smallest absolute Gasteiger partial charge is 0.119 e. The standard InChI is InChI=1S/C20H26O2/c1-15(2)14-22-19-11-6-17(7-12-19)8-13-20(21)18-9-4-16(3)5-10-18/h4-7,9-12,15,20-21H,8,13-14H2,1-3H3. The average molecular weight is 298 g/mol. The van der Waals surface area contributed by atoms with Gasteiger partial charge in [0.05, 0.1) is 12.7 Å². The number of hydrogen-bond acceptors (Lipinski definition) is 2. The third-order valence-corrected chi connectivity index (χ3v) is 3.68. The van der Waals surface area contributed by atoms with E-state index in [1.165, 1.54) is 11.1 Å². The summed E-state index contributed by atoms with van der Waals surface area (Å²) in [5.74, 6) is 1.45. The number of aliphatic hydroxyl groups is 1. The summed E-state index contributed by atoms with van der Waals surface area (Å²) in [6.45, 7) is 7.08. The predicted octanol–water partition coefficient (Wildman–Crippen LogP) is 4.70. The van der Waals surface area contributed by atoms with Crippen LogP contribution in [0.25, 0.3) is 0 Å². The minimum absolute atomic E-state index is 0.405. The monoisotopic (exact) mass is 298 g/mol. The summed E-state index contributed by atoms with van der Waals surface area (Å²) < 4.78 is 5.68. The zero-order valence-corrected chi connectivity index (χ0v) is 13.8. The first-order valence-electron chi connectivity index (χ1n) is 8.01. The van der Waals surface area contributed by atoms with Crippen molar-refractivity contribution < 1.29 is 9.84 Å². The number of aliphatic hydroxyl groups excluding tert-OH is 1. The van der Waals surface area contributed by atoms with E-state index in [4.69, 9.17) is 4.74 Å². The van der Waals surface area contributed by atoms with Gasteiger partial charge in [-0.05, 0) is 48.9 Å². The van der Waals surface area contributed by atoms with E-state index < -0.39 is 6.10 Å². The summed E-state index contributed by atoms with van der Waals surface area (Å²) >= 11 is 0. The lowest BCUT2D eigenvalue weighted by atomic mass is 10.0. The van der Waals surface area contributed by atoms with Crippen molar-refractivity contribution in [3.63, 3.8) is 0 Å². The second-order valence-corrected chi connectivity index (χ2v) is 6.31. The SMILES string of the molecule is Cc1ccc(C(O)CCc2ccc(OCC(C)C)cc2)cc1. The summed E-state index contributed by atoms with van der Waals surface area (Å²) in [6, 6.07) is 16.3. The summed E-state index contributed by atoms with van der Waals surface area (Å²) in [7, 11) is 0. The highest BCUT2D eigenvalue weighted by Gasteiger charge is 2.07. The van der Waals surface area contributed by atoms with Gasteiger partial charge in [0.15, 0.2) is 0 Å². The molecule has 0 aliphatic carbocycles. The summed E-state index contributed by atoms with van der Waals surface area (Å²) in [6.07, 6.45) is 1.19. The molecule has 2 aromatic rings. The van der Waals surface area contributed by atoms with Gasteiger partial charge in [0.1, 0.15) is 5.75 Å². The van der Waals surface area contributed by atoms with Crippen LogP contribution in [0.5, 0.6) is 5.75 Å². The Morgan fingerprint density at radius 2 is 1.59 bits per heavy atom. The number of aryl methyl sites for hydroxylation is 2. The molecule has 0 radical (unpaired) electrons. The average Bonchev–Trinajstić information content (AvgIpc) is 2.52. The molecule has 2 rings (SSSR count). The van der Waals surface area contributed by atoms with Gasteiger partial charge in [-0.15, -0.1) is 0 Å². The molecule has 0 saturated heterocycles. The Balaban J connectivity index is 1.84. The molecule has 2 heteroatoms. The molecule has 0 bridgehead atoms. The second-order valence-electron chi connectivity index (χ2n) is 6.31. The third kappa shape index (κ3) is 5.19. The molecule has 0 spiro atoms. The maximum Gasteiger partial charge on any atom is 0.119 e. The van der Waals surface area contributed by atoms with Gasteiger partial charge in [-0.1, -0.05) is 55.8 Å². The first-order chi connectivity index (χ1) is 10.5. The number of benzene rings is 2. The molecule has 1 atom stereocenters. The van der Waals surface area contributed by atoms with Crippen LogP contribution in [0.3, 0.4) is 0 Å². The fraction of sp³-hybridized carbons (Fsp3) is 0.400. The molecule has 0 heterocycles. The topological polar surface area (TPSA) is 29.5 Å². The molecule has 118 valence electrons. The molecule has 22 heavy (non-hydrogen) atoms. The lowest BCUT2D eigenvalue weighted by Crippen LogP contribution is -2.04. The Kier molecular flexibility index (Phi) is 6.02. The molecule has 0 saturated carbocycles. The summed E-state index contributed by atoms with van der Waals surface area (Å²) in [4.78, 5) is 0. The van der Waals surface area contributed by atoms with Crippen LogP contribution in [0, 0.1) is 12.8 Å². The van der Waals surface area contributed by atoms with Gasteiger partial charge in [0.2, 0.25) is 0 Å². The Morgan fingerprint density at radius 1 is 0.955 bits per heavy atom. The van der Waals surface area contributed by atoms with Gasteiger partial charge in [-0.3, -0.25) is 0 Å². The van der Waals surface area contributed by atoms with E-state index in [1.807, 2.05) is 36.4 Å². The Hall–Kier alpha value is -1.80. The van der Waals surface area contributed by atoms with Gasteiger partial charge in [0.25, 0.3) is 0 Å². The highest BCUT2D eigenvalue weighted by Crippen LogP contribution is 2.21. The molecule has 0 aromatic heterocycles. The Labute approximate surface area is 133 Å². The van der Waals surface area contributed by atoms with Crippen molar-refractivity contribution in [2.24, 2.45) is 5.92 Å². The van der Waals surface area contributed by atoms with Crippen LogP contribution < -0.4 is 4.74 Å². The molecule has 2 nitrogen and oxygen atoms in total. The van der Waals surface area contributed by atoms with E-state index in [2.05, 4.69) is 32.9 Å². The minimum atomic E-state index is -0.405. The van der Waals surface area contributed by atoms with Crippen LogP contribution in [0.15, 0.2) is 48.5 Å². The third-order valence-electron chi connectivity index (χ3n) is 3.68. The number of hydrogen-bond donors (Lipinski definition) is 1. The quantitative estimate of drug-likeness (QED) is 0.803. The maximum atomic E-state index is 10.2. The van der Waals surface area contributed by atoms with Crippen LogP contribution in [0.2, 0.25) is 0 Å². The zero-order valence-electron chi connectivity index (χ0n) is 13.8. The molecular weight excluding hydrogens is 272 g/mol. The van der Waals surface area contributed by atoms with E-state index in [9.17, 15) is 5.11 Å². The van der Waals surface area contributed by atoms with E-state index in [0.29, 0.717) is 5.92 Å². The van der Waals surface area contributed by atoms with Crippen molar-refractivity contribution in [2.75, 3.05) is 6.61 Å². The predicted molar refractivity (Wildman–Crippen MR) is 91.2 cm³/mol. The van der Waals surface area contributed by atoms with Crippen LogP contribution in [0.1, 0.15) is 43.1 Å². The molecule has 0 fully saturated rings. The lowest BCUT2D eigenvalue weighted by molar-refractivity contribution is 0.168. The normalized spacial score (nSPS) is 12.4. The molecule has 0 aliphatic rings. The van der Waals surface area contributed by atoms with Crippen molar-refractivity contribution in [3.05, 3.63) is 65.2 Å². The molecule has 0 aliphatic heterocycles. The van der Waals surface area contributed by atoms with E-state index in [-0.39, 0.29) is 0 Å². The first kappa shape index (κ1) is 16.6. The number of ether oxygens (including phenoxy) is 1. The zero-order chi connectivity index (χ0) is 15.9. The van der Waals surface area contributed by atoms with Crippen molar-refractivity contribution in [3.8, 4) is 5.75 Å². The second kappa shape index (κ2) is 8.00. The fourth-order valence-electron chi connectivity index (χ4n) is 2.27. The van der Waals surface area contributed by atoms with E-state index in [1.54, 1.807) is 0 Å². The molecule has 0 amide bonds. The van der Waals surface area contributed by atoms with Crippen LogP contribution in [-0.2, 0) is 6.42 Å². The molecule has 2 aromatic carbocycles. The van der Waals surface area contributed by atoms with E-state index in [0.717, 1.165) is 30.8 Å². The number of rotatable bonds is 7. The van der Waals surface area contributed by atoms with Gasteiger partial charge in [-0.2, -0.15) is 0 Å². The van der Waals surface area contributed by atoms with Gasteiger partial charge in [0, 0.05) is 0 Å². The Bertz CT molecular complexity index is 555. The van der Waals surface area contributed by atoms with Crippen molar-refractivity contribution in [1.82, 2.24) is 0 Å². The summed E-state index contributed by atoms with van der Waals surface area (Å²) in [5.41, 5.74) is 3.43. The van der Waals surface area contributed by atoms with Crippen molar-refractivity contribution in [2.45, 2.75) is 39.7 Å². The summed E-state index contributed by atoms with van der Waals surface area (Å²) in [5, 5.41) is 10.2.